The van der Waals surface area contributed by atoms with E-state index in [0.717, 1.165) is 41.6 Å². The van der Waals surface area contributed by atoms with Crippen LogP contribution < -0.4 is 10.6 Å². The van der Waals surface area contributed by atoms with Gasteiger partial charge in [-0.1, -0.05) is 67.1 Å². The molecular formula is C35H44ClN3O5. The van der Waals surface area contributed by atoms with E-state index in [1.54, 1.807) is 0 Å². The molecule has 1 fully saturated rings. The highest BCUT2D eigenvalue weighted by Crippen LogP contribution is 2.45. The summed E-state index contributed by atoms with van der Waals surface area (Å²) < 4.78 is 0. The molecule has 2 atom stereocenters. The summed E-state index contributed by atoms with van der Waals surface area (Å²) in [5, 5.41) is 37.0. The average Bonchev–Trinajstić information content (AvgIpc) is 3.05. The maximum Gasteiger partial charge on any atom is 0.404 e. The summed E-state index contributed by atoms with van der Waals surface area (Å²) in [7, 11) is 0. The predicted molar refractivity (Wildman–Crippen MR) is 174 cm³/mol. The highest BCUT2D eigenvalue weighted by Gasteiger charge is 2.43. The second kappa shape index (κ2) is 16.0. The Kier molecular flexibility index (Phi) is 12.2. The first-order chi connectivity index (χ1) is 21.3. The summed E-state index contributed by atoms with van der Waals surface area (Å²) in [6.07, 6.45) is 2.62. The van der Waals surface area contributed by atoms with Crippen molar-refractivity contribution in [3.05, 3.63) is 94.0 Å². The van der Waals surface area contributed by atoms with Crippen LogP contribution in [0.5, 0.6) is 0 Å². The van der Waals surface area contributed by atoms with E-state index in [-0.39, 0.29) is 25.0 Å². The van der Waals surface area contributed by atoms with Gasteiger partial charge < -0.3 is 30.9 Å². The van der Waals surface area contributed by atoms with Gasteiger partial charge in [0, 0.05) is 54.9 Å². The van der Waals surface area contributed by atoms with Crippen LogP contribution in [0.25, 0.3) is 11.1 Å². The van der Waals surface area contributed by atoms with Crippen molar-refractivity contribution in [2.75, 3.05) is 32.8 Å². The Labute approximate surface area is 265 Å². The molecule has 4 rings (SSSR count). The van der Waals surface area contributed by atoms with E-state index in [4.69, 9.17) is 21.8 Å². The van der Waals surface area contributed by atoms with Crippen molar-refractivity contribution in [3.8, 4) is 11.1 Å². The van der Waals surface area contributed by atoms with Crippen LogP contribution in [0.15, 0.2) is 66.7 Å². The third kappa shape index (κ3) is 8.39. The smallest absolute Gasteiger partial charge is 0.404 e. The maximum atomic E-state index is 13.7. The summed E-state index contributed by atoms with van der Waals surface area (Å²) in [6.45, 7) is 4.79. The zero-order valence-corrected chi connectivity index (χ0v) is 26.2. The molecule has 0 radical (unpaired) electrons. The van der Waals surface area contributed by atoms with E-state index in [1.807, 2.05) is 59.5 Å². The van der Waals surface area contributed by atoms with Crippen LogP contribution in [0.4, 0.5) is 4.79 Å². The van der Waals surface area contributed by atoms with Crippen molar-refractivity contribution in [3.63, 3.8) is 0 Å². The van der Waals surface area contributed by atoms with Gasteiger partial charge in [0.2, 0.25) is 0 Å². The first-order valence-corrected chi connectivity index (χ1v) is 15.9. The fraction of sp³-hybridized carbons (Fsp3) is 0.429. The van der Waals surface area contributed by atoms with Crippen molar-refractivity contribution in [2.45, 2.75) is 57.6 Å². The zero-order valence-electron chi connectivity index (χ0n) is 25.4. The molecule has 0 bridgehead atoms. The lowest BCUT2D eigenvalue weighted by Gasteiger charge is -2.44. The fourth-order valence-corrected chi connectivity index (χ4v) is 6.46. The van der Waals surface area contributed by atoms with Crippen molar-refractivity contribution in [1.29, 1.82) is 0 Å². The van der Waals surface area contributed by atoms with Gasteiger partial charge in [-0.2, -0.15) is 0 Å². The number of benzene rings is 3. The fourth-order valence-electron chi connectivity index (χ4n) is 6.17. The number of piperidine rings is 1. The number of nitrogens with zero attached hydrogens (tertiary/aromatic N) is 1. The van der Waals surface area contributed by atoms with Crippen LogP contribution in [0.1, 0.15) is 66.1 Å². The normalized spacial score (nSPS) is 16.4. The molecule has 44 heavy (non-hydrogen) atoms. The Morgan fingerprint density at radius 2 is 1.80 bits per heavy atom. The lowest BCUT2D eigenvalue weighted by atomic mass is 9.72. The molecule has 3 aromatic rings. The molecule has 1 heterocycles. The van der Waals surface area contributed by atoms with Gasteiger partial charge in [-0.05, 0) is 85.5 Å². The van der Waals surface area contributed by atoms with E-state index in [9.17, 15) is 14.7 Å². The van der Waals surface area contributed by atoms with Crippen molar-refractivity contribution in [2.24, 2.45) is 5.92 Å². The summed E-state index contributed by atoms with van der Waals surface area (Å²) in [4.78, 5) is 26.6. The number of likely N-dealkylation sites (tertiary alicyclic amines) is 1. The minimum absolute atomic E-state index is 0.0775. The van der Waals surface area contributed by atoms with Crippen LogP contribution in [0, 0.1) is 5.92 Å². The second-order valence-electron chi connectivity index (χ2n) is 11.5. The van der Waals surface area contributed by atoms with E-state index < -0.39 is 11.7 Å². The summed E-state index contributed by atoms with van der Waals surface area (Å²) in [6, 6.07) is 21.3. The number of nitrogens with one attached hydrogen (secondary N) is 2. The molecule has 3 aromatic carbocycles. The lowest BCUT2D eigenvalue weighted by molar-refractivity contribution is -0.0563. The minimum atomic E-state index is -1.36. The maximum absolute atomic E-state index is 13.7. The van der Waals surface area contributed by atoms with E-state index in [0.29, 0.717) is 61.5 Å². The highest BCUT2D eigenvalue weighted by molar-refractivity contribution is 6.33. The molecule has 5 N–H and O–H groups in total. The van der Waals surface area contributed by atoms with Gasteiger partial charge in [0.15, 0.2) is 0 Å². The molecule has 0 saturated carbocycles. The van der Waals surface area contributed by atoms with Gasteiger partial charge in [0.05, 0.1) is 5.60 Å². The van der Waals surface area contributed by atoms with Crippen molar-refractivity contribution < 1.29 is 24.9 Å². The molecule has 2 amide bonds. The third-order valence-corrected chi connectivity index (χ3v) is 8.86. The Bertz CT molecular complexity index is 1400. The molecule has 236 valence electrons. The van der Waals surface area contributed by atoms with E-state index >= 15 is 0 Å². The van der Waals surface area contributed by atoms with Crippen LogP contribution in [0.2, 0.25) is 5.02 Å². The Hall–Kier alpha value is -3.43. The number of carbonyl (C=O) groups excluding carboxylic acids is 1. The number of rotatable bonds is 14. The summed E-state index contributed by atoms with van der Waals surface area (Å²) in [5.41, 5.74) is 3.84. The Morgan fingerprint density at radius 1 is 1.02 bits per heavy atom. The average molecular weight is 622 g/mol. The molecule has 8 nitrogen and oxygen atoms in total. The number of halogens is 1. The van der Waals surface area contributed by atoms with Crippen LogP contribution in [0.3, 0.4) is 0 Å². The summed E-state index contributed by atoms with van der Waals surface area (Å²) in [5.74, 6) is -0.363. The van der Waals surface area contributed by atoms with Gasteiger partial charge in [0.25, 0.3) is 5.91 Å². The molecule has 0 spiro atoms. The lowest BCUT2D eigenvalue weighted by Crippen LogP contribution is -2.48. The quantitative estimate of drug-likeness (QED) is 0.144. The Morgan fingerprint density at radius 3 is 2.52 bits per heavy atom. The minimum Gasteiger partial charge on any atom is -0.465 e. The number of hydrogen-bond donors (Lipinski definition) is 5. The largest absolute Gasteiger partial charge is 0.465 e. The number of aliphatic hydroxyl groups is 2. The van der Waals surface area contributed by atoms with Crippen LogP contribution >= 0.6 is 11.6 Å². The molecule has 1 aliphatic rings. The molecule has 9 heteroatoms. The first-order valence-electron chi connectivity index (χ1n) is 15.5. The topological polar surface area (TPSA) is 122 Å². The number of hydrogen-bond acceptors (Lipinski definition) is 5. The number of amides is 2. The SMILES string of the molecule is CCc1cccc(-c2c(Cl)cccc2C(O)(CCCNC(=O)O)C2CCCN(C(=O)c3ccc(CNCCCO)cc3)C2)c1. The molecule has 2 unspecified atom stereocenters. The van der Waals surface area contributed by atoms with Gasteiger partial charge in [0.1, 0.15) is 0 Å². The number of aryl methyl sites for hydroxylation is 1. The summed E-state index contributed by atoms with van der Waals surface area (Å²) >= 11 is 6.85. The molecule has 1 saturated heterocycles. The monoisotopic (exact) mass is 621 g/mol. The highest BCUT2D eigenvalue weighted by atomic mass is 35.5. The van der Waals surface area contributed by atoms with Crippen molar-refractivity contribution in [1.82, 2.24) is 15.5 Å². The molecular weight excluding hydrogens is 578 g/mol. The van der Waals surface area contributed by atoms with Crippen LogP contribution in [-0.2, 0) is 18.6 Å². The van der Waals surface area contributed by atoms with Crippen molar-refractivity contribution >= 4 is 23.6 Å². The van der Waals surface area contributed by atoms with Gasteiger partial charge in [-0.15, -0.1) is 0 Å². The number of carboxylic acid groups (broad SMARTS) is 1. The van der Waals surface area contributed by atoms with E-state index in [1.165, 1.54) is 0 Å². The molecule has 1 aliphatic heterocycles. The first kappa shape index (κ1) is 33.5. The molecule has 0 aliphatic carbocycles. The predicted octanol–water partition coefficient (Wildman–Crippen LogP) is 5.83. The zero-order chi connectivity index (χ0) is 31.5. The van der Waals surface area contributed by atoms with Gasteiger partial charge in [-0.25, -0.2) is 4.79 Å². The number of carbonyl (C=O) groups is 2. The Balaban J connectivity index is 1.62. The molecule has 0 aromatic heterocycles. The van der Waals surface area contributed by atoms with Gasteiger partial charge in [-0.3, -0.25) is 4.79 Å². The van der Waals surface area contributed by atoms with Gasteiger partial charge >= 0.3 is 6.09 Å². The standard InChI is InChI=1S/C35H44ClN3O5/c1-2-25-8-3-9-28(22-25)32-30(11-4-12-31(32)36)35(44,17-6-19-38-34(42)43)29-10-5-20-39(24-29)33(41)27-15-13-26(14-16-27)23-37-18-7-21-40/h3-4,8-9,11-16,22,29,37-38,40,44H,2,5-7,10,17-21,23-24H2,1H3,(H,42,43). The van der Waals surface area contributed by atoms with E-state index in [2.05, 4.69) is 29.7 Å². The number of aliphatic hydroxyl groups excluding tert-OH is 1. The van der Waals surface area contributed by atoms with Crippen LogP contribution in [-0.4, -0.2) is 65.0 Å². The second-order valence-corrected chi connectivity index (χ2v) is 11.9. The third-order valence-electron chi connectivity index (χ3n) is 8.54.